The Morgan fingerprint density at radius 3 is 2.19 bits per heavy atom. The van der Waals surface area contributed by atoms with E-state index in [0.717, 1.165) is 12.1 Å². The maximum Gasteiger partial charge on any atom is 0.416 e. The van der Waals surface area contributed by atoms with E-state index in [1.165, 1.54) is 24.5 Å². The zero-order valence-electron chi connectivity index (χ0n) is 13.0. The first kappa shape index (κ1) is 17.0. The van der Waals surface area contributed by atoms with E-state index >= 15 is 0 Å². The third-order valence-electron chi connectivity index (χ3n) is 3.67. The molecule has 3 aromatic rings. The molecule has 1 aromatic carbocycles. The van der Waals surface area contributed by atoms with E-state index in [9.17, 15) is 23.7 Å². The summed E-state index contributed by atoms with van der Waals surface area (Å²) in [5, 5.41) is 19.0. The molecule has 0 aliphatic carbocycles. The molecule has 0 aliphatic heterocycles. The average Bonchev–Trinajstić information content (AvgIpc) is 3.14. The van der Waals surface area contributed by atoms with Crippen LogP contribution in [-0.4, -0.2) is 15.0 Å². The number of hydrogen-bond donors (Lipinski definition) is 2. The van der Waals surface area contributed by atoms with Crippen molar-refractivity contribution in [1.82, 2.24) is 15.0 Å². The van der Waals surface area contributed by atoms with Gasteiger partial charge >= 0.3 is 6.18 Å². The highest BCUT2D eigenvalue weighted by Crippen LogP contribution is 2.36. The molecule has 6 nitrogen and oxygen atoms in total. The molecule has 0 radical (unpaired) electrons. The van der Waals surface area contributed by atoms with Gasteiger partial charge in [0.2, 0.25) is 0 Å². The highest BCUT2D eigenvalue weighted by Gasteiger charge is 2.30. The minimum Gasteiger partial charge on any atom is -0.383 e. The monoisotopic (exact) mass is 354 g/mol. The van der Waals surface area contributed by atoms with Crippen LogP contribution in [0.15, 0.2) is 36.7 Å². The number of nitrogens with two attached hydrogens (primary N) is 1. The number of benzene rings is 1. The number of rotatable bonds is 2. The summed E-state index contributed by atoms with van der Waals surface area (Å²) < 4.78 is 38.3. The van der Waals surface area contributed by atoms with Crippen LogP contribution in [0.2, 0.25) is 0 Å². The summed E-state index contributed by atoms with van der Waals surface area (Å²) in [5.41, 5.74) is 5.37. The van der Waals surface area contributed by atoms with E-state index in [1.54, 1.807) is 0 Å². The van der Waals surface area contributed by atoms with Crippen molar-refractivity contribution in [3.8, 4) is 34.8 Å². The SMILES string of the molecule is N#Cc1c(N)nc(-c2ncc[nH]2)c(C#N)c1-c1ccc(C(F)(F)F)cc1. The molecule has 0 atom stereocenters. The number of halogens is 3. The molecule has 0 saturated heterocycles. The molecular formula is C17H9F3N6. The van der Waals surface area contributed by atoms with Gasteiger partial charge in [-0.15, -0.1) is 0 Å². The van der Waals surface area contributed by atoms with Crippen LogP contribution in [-0.2, 0) is 6.18 Å². The first-order valence-corrected chi connectivity index (χ1v) is 7.18. The van der Waals surface area contributed by atoms with Crippen LogP contribution in [0.5, 0.6) is 0 Å². The molecule has 2 heterocycles. The third-order valence-corrected chi connectivity index (χ3v) is 3.67. The highest BCUT2D eigenvalue weighted by atomic mass is 19.4. The number of anilines is 1. The topological polar surface area (TPSA) is 115 Å². The summed E-state index contributed by atoms with van der Waals surface area (Å²) in [7, 11) is 0. The van der Waals surface area contributed by atoms with E-state index in [2.05, 4.69) is 15.0 Å². The Balaban J connectivity index is 2.30. The number of hydrogen-bond acceptors (Lipinski definition) is 5. The van der Waals surface area contributed by atoms with Crippen LogP contribution in [0.25, 0.3) is 22.6 Å². The van der Waals surface area contributed by atoms with E-state index in [-0.39, 0.29) is 39.6 Å². The lowest BCUT2D eigenvalue weighted by molar-refractivity contribution is -0.137. The van der Waals surface area contributed by atoms with Gasteiger partial charge in [0.15, 0.2) is 5.82 Å². The summed E-state index contributed by atoms with van der Waals surface area (Å²) in [6.45, 7) is 0. The fraction of sp³-hybridized carbons (Fsp3) is 0.0588. The Kier molecular flexibility index (Phi) is 4.07. The van der Waals surface area contributed by atoms with Gasteiger partial charge in [-0.3, -0.25) is 0 Å². The number of H-pyrrole nitrogens is 1. The number of nitrogen functional groups attached to an aromatic ring is 1. The van der Waals surface area contributed by atoms with Crippen molar-refractivity contribution in [2.75, 3.05) is 5.73 Å². The minimum absolute atomic E-state index is 0.00883. The molecule has 0 amide bonds. The van der Waals surface area contributed by atoms with Crippen molar-refractivity contribution >= 4 is 5.82 Å². The van der Waals surface area contributed by atoms with Crippen molar-refractivity contribution in [3.05, 3.63) is 53.3 Å². The summed E-state index contributed by atoms with van der Waals surface area (Å²) in [5.74, 6) is 0.110. The van der Waals surface area contributed by atoms with E-state index in [1.807, 2.05) is 12.1 Å². The summed E-state index contributed by atoms with van der Waals surface area (Å²) in [6, 6.07) is 7.93. The Labute approximate surface area is 145 Å². The van der Waals surface area contributed by atoms with Crippen LogP contribution in [0.3, 0.4) is 0 Å². The fourth-order valence-electron chi connectivity index (χ4n) is 2.51. The Morgan fingerprint density at radius 2 is 1.69 bits per heavy atom. The average molecular weight is 354 g/mol. The largest absolute Gasteiger partial charge is 0.416 e. The number of alkyl halides is 3. The third kappa shape index (κ3) is 2.82. The van der Waals surface area contributed by atoms with Crippen LogP contribution < -0.4 is 5.73 Å². The molecule has 0 unspecified atom stereocenters. The van der Waals surface area contributed by atoms with Crippen molar-refractivity contribution in [1.29, 1.82) is 10.5 Å². The molecule has 0 bridgehead atoms. The van der Waals surface area contributed by atoms with Gasteiger partial charge in [-0.25, -0.2) is 9.97 Å². The zero-order valence-corrected chi connectivity index (χ0v) is 13.0. The second-order valence-electron chi connectivity index (χ2n) is 5.21. The summed E-state index contributed by atoms with van der Waals surface area (Å²) in [4.78, 5) is 10.9. The molecule has 2 aromatic heterocycles. The lowest BCUT2D eigenvalue weighted by atomic mass is 9.93. The number of nitrogens with zero attached hydrogens (tertiary/aromatic N) is 4. The quantitative estimate of drug-likeness (QED) is 0.731. The van der Waals surface area contributed by atoms with Crippen LogP contribution in [0.1, 0.15) is 16.7 Å². The predicted octanol–water partition coefficient (Wildman–Crippen LogP) is 3.48. The molecule has 0 aliphatic rings. The maximum atomic E-state index is 12.8. The Morgan fingerprint density at radius 1 is 1.04 bits per heavy atom. The normalized spacial score (nSPS) is 11.0. The Bertz CT molecular complexity index is 1040. The van der Waals surface area contributed by atoms with Crippen LogP contribution >= 0.6 is 0 Å². The lowest BCUT2D eigenvalue weighted by Crippen LogP contribution is -2.06. The molecule has 128 valence electrons. The number of nitriles is 2. The highest BCUT2D eigenvalue weighted by molar-refractivity contribution is 5.85. The number of nitrogens with one attached hydrogen (secondary N) is 1. The van der Waals surface area contributed by atoms with Crippen molar-refractivity contribution in [2.24, 2.45) is 0 Å². The lowest BCUT2D eigenvalue weighted by Gasteiger charge is -2.13. The van der Waals surface area contributed by atoms with Gasteiger partial charge in [0.05, 0.1) is 11.1 Å². The number of aromatic amines is 1. The zero-order chi connectivity index (χ0) is 18.9. The van der Waals surface area contributed by atoms with Crippen molar-refractivity contribution in [2.45, 2.75) is 6.18 Å². The number of pyridine rings is 1. The maximum absolute atomic E-state index is 12.8. The standard InChI is InChI=1S/C17H9F3N6/c18-17(19,20)10-3-1-9(2-4-10)13-11(7-21)14(16-24-5-6-25-16)26-15(23)12(13)8-22/h1-6H,(H2,23,26)(H,24,25). The molecule has 9 heteroatoms. The van der Waals surface area contributed by atoms with E-state index in [4.69, 9.17) is 5.73 Å². The van der Waals surface area contributed by atoms with Crippen LogP contribution in [0.4, 0.5) is 19.0 Å². The van der Waals surface area contributed by atoms with Gasteiger partial charge in [0, 0.05) is 18.0 Å². The Hall–Kier alpha value is -3.85. The van der Waals surface area contributed by atoms with Crippen molar-refractivity contribution in [3.63, 3.8) is 0 Å². The second kappa shape index (κ2) is 6.22. The van der Waals surface area contributed by atoms with E-state index in [0.29, 0.717) is 0 Å². The van der Waals surface area contributed by atoms with Gasteiger partial charge in [-0.05, 0) is 17.7 Å². The molecule has 3 N–H and O–H groups in total. The summed E-state index contributed by atoms with van der Waals surface area (Å²) >= 11 is 0. The number of aromatic nitrogens is 3. The molecule has 0 saturated carbocycles. The molecular weight excluding hydrogens is 345 g/mol. The van der Waals surface area contributed by atoms with E-state index < -0.39 is 11.7 Å². The number of imidazole rings is 1. The minimum atomic E-state index is -4.49. The van der Waals surface area contributed by atoms with Gasteiger partial charge in [-0.1, -0.05) is 12.1 Å². The molecule has 3 rings (SSSR count). The molecule has 0 spiro atoms. The van der Waals surface area contributed by atoms with Gasteiger partial charge < -0.3 is 10.7 Å². The smallest absolute Gasteiger partial charge is 0.383 e. The summed E-state index contributed by atoms with van der Waals surface area (Å²) in [6.07, 6.45) is -1.53. The first-order valence-electron chi connectivity index (χ1n) is 7.18. The second-order valence-corrected chi connectivity index (χ2v) is 5.21. The van der Waals surface area contributed by atoms with Crippen molar-refractivity contribution < 1.29 is 13.2 Å². The van der Waals surface area contributed by atoms with Gasteiger partial charge in [-0.2, -0.15) is 23.7 Å². The molecule has 0 fully saturated rings. The van der Waals surface area contributed by atoms with Crippen LogP contribution in [0, 0.1) is 22.7 Å². The fourth-order valence-corrected chi connectivity index (χ4v) is 2.51. The van der Waals surface area contributed by atoms with Gasteiger partial charge in [0.25, 0.3) is 0 Å². The first-order chi connectivity index (χ1) is 12.4. The van der Waals surface area contributed by atoms with Gasteiger partial charge in [0.1, 0.15) is 29.2 Å². The predicted molar refractivity (Wildman–Crippen MR) is 86.1 cm³/mol. The molecule has 26 heavy (non-hydrogen) atoms.